The van der Waals surface area contributed by atoms with Gasteiger partial charge in [-0.3, -0.25) is 9.78 Å². The molecule has 2 atom stereocenters. The molecule has 2 N–H and O–H groups in total. The third-order valence-corrected chi connectivity index (χ3v) is 4.26. The third kappa shape index (κ3) is 2.95. The number of nitrogens with one attached hydrogen (secondary N) is 2. The summed E-state index contributed by atoms with van der Waals surface area (Å²) in [5.74, 6) is 7.46. The summed E-state index contributed by atoms with van der Waals surface area (Å²) in [7, 11) is 0. The Kier molecular flexibility index (Phi) is 3.87. The molecule has 2 heterocycles. The van der Waals surface area contributed by atoms with E-state index in [0.29, 0.717) is 34.7 Å². The number of H-pyrrole nitrogens is 2. The fraction of sp³-hybridized carbons (Fsp3) is 0.412. The van der Waals surface area contributed by atoms with Gasteiger partial charge in [-0.25, -0.2) is 4.79 Å². The minimum atomic E-state index is -0.539. The lowest BCUT2D eigenvalue weighted by molar-refractivity contribution is 0.548. The summed E-state index contributed by atoms with van der Waals surface area (Å²) >= 11 is 0. The topological polar surface area (TPSA) is 91.5 Å². The second-order valence-electron chi connectivity index (χ2n) is 6.14. The second kappa shape index (κ2) is 5.84. The van der Waals surface area contributed by atoms with Crippen molar-refractivity contribution in [2.45, 2.75) is 33.1 Å². The van der Waals surface area contributed by atoms with Gasteiger partial charge in [-0.2, -0.15) is 0 Å². The van der Waals surface area contributed by atoms with E-state index in [1.54, 1.807) is 6.92 Å². The Hall–Kier alpha value is -2.68. The number of aromatic nitrogens is 4. The second-order valence-corrected chi connectivity index (χ2v) is 6.14. The summed E-state index contributed by atoms with van der Waals surface area (Å²) in [5, 5.41) is 8.30. The molecule has 0 aliphatic heterocycles. The maximum absolute atomic E-state index is 11.9. The van der Waals surface area contributed by atoms with Crippen LogP contribution in [0.2, 0.25) is 0 Å². The van der Waals surface area contributed by atoms with Crippen molar-refractivity contribution in [1.82, 2.24) is 20.2 Å². The average Bonchev–Trinajstić information content (AvgIpc) is 3.29. The molecule has 1 aliphatic carbocycles. The van der Waals surface area contributed by atoms with Gasteiger partial charge in [0.1, 0.15) is 11.4 Å². The van der Waals surface area contributed by atoms with Gasteiger partial charge in [0.25, 0.3) is 5.56 Å². The first-order valence-corrected chi connectivity index (χ1v) is 7.64. The largest absolute Gasteiger partial charge is 0.325 e. The smallest absolute Gasteiger partial charge is 0.313 e. The highest BCUT2D eigenvalue weighted by Gasteiger charge is 2.42. The van der Waals surface area contributed by atoms with Crippen LogP contribution in [0, 0.1) is 23.7 Å². The standard InChI is InChI=1S/C17H18N4O2/c1-4-5-14-12(11-6-10(11)9(2)3)7-15(21-20-14)13-8-18-17(23)19-16(13)22/h7-11H,6H2,1-3H3,(H2,18,19,22,23)/t10-,11+/m1/s1. The zero-order chi connectivity index (χ0) is 16.6. The lowest BCUT2D eigenvalue weighted by Crippen LogP contribution is -2.23. The lowest BCUT2D eigenvalue weighted by Gasteiger charge is -2.07. The molecule has 0 bridgehead atoms. The van der Waals surface area contributed by atoms with E-state index in [9.17, 15) is 9.59 Å². The molecule has 0 amide bonds. The number of nitrogens with zero attached hydrogens (tertiary/aromatic N) is 2. The van der Waals surface area contributed by atoms with E-state index in [2.05, 4.69) is 45.9 Å². The first-order valence-electron chi connectivity index (χ1n) is 7.64. The van der Waals surface area contributed by atoms with Gasteiger partial charge < -0.3 is 4.98 Å². The zero-order valence-electron chi connectivity index (χ0n) is 13.3. The fourth-order valence-electron chi connectivity index (χ4n) is 2.95. The lowest BCUT2D eigenvalue weighted by atomic mass is 10.0. The van der Waals surface area contributed by atoms with Crippen molar-refractivity contribution in [2.75, 3.05) is 0 Å². The van der Waals surface area contributed by atoms with Crippen LogP contribution in [0.3, 0.4) is 0 Å². The number of hydrogen-bond acceptors (Lipinski definition) is 4. The molecule has 1 saturated carbocycles. The minimum Gasteiger partial charge on any atom is -0.313 e. The summed E-state index contributed by atoms with van der Waals surface area (Å²) < 4.78 is 0. The molecule has 6 heteroatoms. The van der Waals surface area contributed by atoms with Crippen LogP contribution in [0.15, 0.2) is 21.9 Å². The number of aromatic amines is 2. The molecule has 23 heavy (non-hydrogen) atoms. The molecule has 0 unspecified atom stereocenters. The van der Waals surface area contributed by atoms with E-state index in [0.717, 1.165) is 12.0 Å². The molecule has 0 saturated heterocycles. The Balaban J connectivity index is 2.08. The van der Waals surface area contributed by atoms with Crippen LogP contribution in [0.5, 0.6) is 0 Å². The van der Waals surface area contributed by atoms with Gasteiger partial charge in [0, 0.05) is 6.20 Å². The average molecular weight is 310 g/mol. The van der Waals surface area contributed by atoms with Gasteiger partial charge in [0.05, 0.1) is 5.56 Å². The normalized spacial score (nSPS) is 19.3. The molecule has 2 aromatic heterocycles. The molecular weight excluding hydrogens is 292 g/mol. The van der Waals surface area contributed by atoms with Crippen LogP contribution < -0.4 is 11.2 Å². The van der Waals surface area contributed by atoms with Crippen molar-refractivity contribution in [2.24, 2.45) is 11.8 Å². The van der Waals surface area contributed by atoms with E-state index in [1.165, 1.54) is 6.20 Å². The number of rotatable bonds is 3. The summed E-state index contributed by atoms with van der Waals surface area (Å²) in [4.78, 5) is 27.8. The van der Waals surface area contributed by atoms with Crippen LogP contribution >= 0.6 is 0 Å². The minimum absolute atomic E-state index is 0.302. The predicted molar refractivity (Wildman–Crippen MR) is 86.9 cm³/mol. The third-order valence-electron chi connectivity index (χ3n) is 4.26. The predicted octanol–water partition coefficient (Wildman–Crippen LogP) is 1.65. The van der Waals surface area contributed by atoms with Crippen molar-refractivity contribution in [3.63, 3.8) is 0 Å². The molecule has 2 aromatic rings. The molecule has 3 rings (SSSR count). The van der Waals surface area contributed by atoms with Crippen LogP contribution in [0.25, 0.3) is 11.3 Å². The summed E-state index contributed by atoms with van der Waals surface area (Å²) in [5.41, 5.74) is 1.45. The Labute approximate surface area is 133 Å². The van der Waals surface area contributed by atoms with Crippen molar-refractivity contribution in [3.05, 3.63) is 44.4 Å². The van der Waals surface area contributed by atoms with Gasteiger partial charge in [-0.05, 0) is 48.6 Å². The van der Waals surface area contributed by atoms with Crippen LogP contribution in [0.4, 0.5) is 0 Å². The molecule has 0 aromatic carbocycles. The van der Waals surface area contributed by atoms with Crippen molar-refractivity contribution >= 4 is 0 Å². The van der Waals surface area contributed by atoms with Crippen molar-refractivity contribution < 1.29 is 0 Å². The highest BCUT2D eigenvalue weighted by molar-refractivity contribution is 5.59. The first-order chi connectivity index (χ1) is 11.0. The van der Waals surface area contributed by atoms with Gasteiger partial charge >= 0.3 is 5.69 Å². The summed E-state index contributed by atoms with van der Waals surface area (Å²) in [6.45, 7) is 6.18. The van der Waals surface area contributed by atoms with Gasteiger partial charge in [-0.1, -0.05) is 19.8 Å². The van der Waals surface area contributed by atoms with E-state index in [-0.39, 0.29) is 0 Å². The Morgan fingerprint density at radius 2 is 2.09 bits per heavy atom. The Bertz CT molecular complexity index is 914. The molecular formula is C17H18N4O2. The molecule has 1 fully saturated rings. The highest BCUT2D eigenvalue weighted by atomic mass is 16.2. The van der Waals surface area contributed by atoms with E-state index in [4.69, 9.17) is 0 Å². The van der Waals surface area contributed by atoms with E-state index >= 15 is 0 Å². The summed E-state index contributed by atoms with van der Waals surface area (Å²) in [6.07, 6.45) is 2.47. The monoisotopic (exact) mass is 310 g/mol. The maximum Gasteiger partial charge on any atom is 0.325 e. The maximum atomic E-state index is 11.9. The fourth-order valence-corrected chi connectivity index (χ4v) is 2.95. The molecule has 118 valence electrons. The Morgan fingerprint density at radius 1 is 1.30 bits per heavy atom. The molecule has 6 nitrogen and oxygen atoms in total. The van der Waals surface area contributed by atoms with E-state index < -0.39 is 11.2 Å². The van der Waals surface area contributed by atoms with Crippen LogP contribution in [-0.2, 0) is 0 Å². The van der Waals surface area contributed by atoms with Gasteiger partial charge in [0.2, 0.25) is 0 Å². The highest BCUT2D eigenvalue weighted by Crippen LogP contribution is 2.52. The summed E-state index contributed by atoms with van der Waals surface area (Å²) in [6, 6.07) is 1.88. The quantitative estimate of drug-likeness (QED) is 0.843. The van der Waals surface area contributed by atoms with Crippen molar-refractivity contribution in [1.29, 1.82) is 0 Å². The van der Waals surface area contributed by atoms with Gasteiger partial charge in [-0.15, -0.1) is 10.2 Å². The molecule has 0 radical (unpaired) electrons. The molecule has 1 aliphatic rings. The SMILES string of the molecule is CC#Cc1nnc(-c2c[nH]c(=O)[nH]c2=O)cc1[C@H]1C[C@@H]1C(C)C. The molecule has 0 spiro atoms. The number of hydrogen-bond donors (Lipinski definition) is 2. The van der Waals surface area contributed by atoms with E-state index in [1.807, 2.05) is 6.07 Å². The first kappa shape index (κ1) is 15.2. The zero-order valence-corrected chi connectivity index (χ0v) is 13.3. The van der Waals surface area contributed by atoms with Crippen molar-refractivity contribution in [3.8, 4) is 23.1 Å². The Morgan fingerprint density at radius 3 is 2.70 bits per heavy atom. The van der Waals surface area contributed by atoms with Gasteiger partial charge in [0.15, 0.2) is 0 Å². The van der Waals surface area contributed by atoms with Crippen LogP contribution in [0.1, 0.15) is 44.4 Å². The van der Waals surface area contributed by atoms with Crippen LogP contribution in [-0.4, -0.2) is 20.2 Å².